The Kier molecular flexibility index (Phi) is 9.30. The van der Waals surface area contributed by atoms with Crippen molar-refractivity contribution in [2.75, 3.05) is 18.1 Å². The van der Waals surface area contributed by atoms with Crippen LogP contribution in [-0.2, 0) is 9.53 Å². The van der Waals surface area contributed by atoms with Gasteiger partial charge >= 0.3 is 6.09 Å². The number of nitrogens with zero attached hydrogens (tertiary/aromatic N) is 1. The summed E-state index contributed by atoms with van der Waals surface area (Å²) in [4.78, 5) is 43.4. The minimum absolute atomic E-state index is 0.239. The highest BCUT2D eigenvalue weighted by Gasteiger charge is 2.25. The van der Waals surface area contributed by atoms with Gasteiger partial charge in [-0.05, 0) is 40.4 Å². The predicted molar refractivity (Wildman–Crippen MR) is 109 cm³/mol. The van der Waals surface area contributed by atoms with Gasteiger partial charge in [-0.1, -0.05) is 6.92 Å². The lowest BCUT2D eigenvalue weighted by molar-refractivity contribution is -0.123. The van der Waals surface area contributed by atoms with Crippen LogP contribution in [0.1, 0.15) is 50.9 Å². The first-order valence-electron chi connectivity index (χ1n) is 9.19. The van der Waals surface area contributed by atoms with Gasteiger partial charge in [-0.25, -0.2) is 9.78 Å². The zero-order chi connectivity index (χ0) is 21.3. The number of thioether (sulfide) groups is 1. The summed E-state index contributed by atoms with van der Waals surface area (Å²) in [5.74, 6) is 1.26. The van der Waals surface area contributed by atoms with Gasteiger partial charge in [-0.3, -0.25) is 9.59 Å². The first-order valence-corrected chi connectivity index (χ1v) is 10.3. The highest BCUT2D eigenvalue weighted by atomic mass is 32.2. The number of aromatic nitrogens is 2. The van der Waals surface area contributed by atoms with Crippen LogP contribution < -0.4 is 16.0 Å². The zero-order valence-electron chi connectivity index (χ0n) is 17.3. The molecule has 0 saturated carbocycles. The maximum atomic E-state index is 12.6. The molecule has 3 amide bonds. The molecular formula is C18H31N5O4S. The molecule has 158 valence electrons. The molecule has 28 heavy (non-hydrogen) atoms. The Labute approximate surface area is 170 Å². The van der Waals surface area contributed by atoms with Crippen LogP contribution in [0.25, 0.3) is 0 Å². The number of carbonyl (C=O) groups excluding carboxylic acids is 3. The van der Waals surface area contributed by atoms with E-state index in [-0.39, 0.29) is 24.4 Å². The van der Waals surface area contributed by atoms with Crippen molar-refractivity contribution >= 4 is 29.7 Å². The molecule has 0 aromatic carbocycles. The van der Waals surface area contributed by atoms with Gasteiger partial charge in [0.25, 0.3) is 5.91 Å². The molecule has 0 saturated heterocycles. The molecule has 0 radical (unpaired) electrons. The first kappa shape index (κ1) is 23.8. The topological polar surface area (TPSA) is 125 Å². The van der Waals surface area contributed by atoms with E-state index in [9.17, 15) is 14.4 Å². The maximum absolute atomic E-state index is 12.6. The smallest absolute Gasteiger partial charge is 0.408 e. The Hall–Kier alpha value is -2.23. The Morgan fingerprint density at radius 3 is 2.50 bits per heavy atom. The fourth-order valence-corrected chi connectivity index (χ4v) is 2.85. The third-order valence-corrected chi connectivity index (χ3v) is 4.38. The number of imidazole rings is 1. The number of carbonyl (C=O) groups is 3. The monoisotopic (exact) mass is 413 g/mol. The van der Waals surface area contributed by atoms with Crippen LogP contribution in [0.15, 0.2) is 6.20 Å². The summed E-state index contributed by atoms with van der Waals surface area (Å²) in [6.07, 6.45) is 0.816. The largest absolute Gasteiger partial charge is 0.444 e. The Balaban J connectivity index is 2.55. The predicted octanol–water partition coefficient (Wildman–Crippen LogP) is 1.60. The Morgan fingerprint density at radius 2 is 1.96 bits per heavy atom. The molecule has 1 heterocycles. The number of hydrogen-bond acceptors (Lipinski definition) is 6. The maximum Gasteiger partial charge on any atom is 0.408 e. The molecule has 1 aromatic heterocycles. The lowest BCUT2D eigenvalue weighted by atomic mass is 10.2. The number of H-pyrrole nitrogens is 1. The molecule has 4 N–H and O–H groups in total. The molecule has 0 aliphatic rings. The van der Waals surface area contributed by atoms with E-state index in [2.05, 4.69) is 25.9 Å². The number of aromatic amines is 1. The van der Waals surface area contributed by atoms with E-state index in [1.807, 2.05) is 6.92 Å². The number of amides is 3. The van der Waals surface area contributed by atoms with Crippen LogP contribution in [0, 0.1) is 6.92 Å². The van der Waals surface area contributed by atoms with Crippen LogP contribution >= 0.6 is 11.8 Å². The van der Waals surface area contributed by atoms with Crippen molar-refractivity contribution in [3.63, 3.8) is 0 Å². The number of nitrogens with one attached hydrogen (secondary N) is 4. The van der Waals surface area contributed by atoms with Crippen molar-refractivity contribution in [1.82, 2.24) is 25.9 Å². The fraction of sp³-hybridized carbons (Fsp3) is 0.667. The van der Waals surface area contributed by atoms with Crippen LogP contribution in [0.5, 0.6) is 0 Å². The lowest BCUT2D eigenvalue weighted by Crippen LogP contribution is -2.53. The molecule has 0 unspecified atom stereocenters. The average molecular weight is 414 g/mol. The van der Waals surface area contributed by atoms with E-state index in [0.717, 1.165) is 5.75 Å². The van der Waals surface area contributed by atoms with E-state index in [1.165, 1.54) is 18.0 Å². The number of aryl methyl sites for hydroxylation is 1. The molecular weight excluding hydrogens is 382 g/mol. The third-order valence-electron chi connectivity index (χ3n) is 3.40. The minimum Gasteiger partial charge on any atom is -0.444 e. The number of alkyl carbamates (subject to hydrolysis) is 1. The second-order valence-electron chi connectivity index (χ2n) is 7.36. The van der Waals surface area contributed by atoms with Gasteiger partial charge < -0.3 is 25.7 Å². The summed E-state index contributed by atoms with van der Waals surface area (Å²) >= 11 is 1.54. The van der Waals surface area contributed by atoms with E-state index in [1.54, 1.807) is 34.6 Å². The normalized spacial score (nSPS) is 13.4. The molecule has 2 atom stereocenters. The van der Waals surface area contributed by atoms with E-state index in [0.29, 0.717) is 17.3 Å². The average Bonchev–Trinajstić information content (AvgIpc) is 3.01. The van der Waals surface area contributed by atoms with E-state index >= 15 is 0 Å². The highest BCUT2D eigenvalue weighted by Crippen LogP contribution is 2.08. The summed E-state index contributed by atoms with van der Waals surface area (Å²) in [5, 5.41) is 8.15. The van der Waals surface area contributed by atoms with Crippen molar-refractivity contribution in [1.29, 1.82) is 0 Å². The second-order valence-corrected chi connectivity index (χ2v) is 8.68. The number of ether oxygens (including phenoxy) is 1. The standard InChI is InChI=1S/C18H31N5O4S/c1-7-28-10-14(23-17(26)27-18(4,5)6)16(25)21-11(2)8-20-15(24)13-9-19-12(3)22-13/h9,11,14H,7-8,10H2,1-6H3,(H,19,22)(H,20,24)(H,21,25)(H,23,26)/t11-,14-/m0/s1. The Morgan fingerprint density at radius 1 is 1.29 bits per heavy atom. The fourth-order valence-electron chi connectivity index (χ4n) is 2.14. The number of rotatable bonds is 9. The zero-order valence-corrected chi connectivity index (χ0v) is 18.2. The van der Waals surface area contributed by atoms with E-state index < -0.39 is 17.7 Å². The molecule has 10 heteroatoms. The molecule has 0 aliphatic carbocycles. The SMILES string of the molecule is CCSC[C@H](NC(=O)OC(C)(C)C)C(=O)N[C@@H](C)CNC(=O)c1cnc(C)[nH]1. The minimum atomic E-state index is -0.729. The summed E-state index contributed by atoms with van der Waals surface area (Å²) < 4.78 is 5.23. The molecule has 0 fully saturated rings. The van der Waals surface area contributed by atoms with Crippen LogP contribution in [-0.4, -0.2) is 63.6 Å². The van der Waals surface area contributed by atoms with Gasteiger partial charge in [0.1, 0.15) is 23.2 Å². The van der Waals surface area contributed by atoms with Crippen molar-refractivity contribution in [2.24, 2.45) is 0 Å². The molecule has 1 rings (SSSR count). The van der Waals surface area contributed by atoms with Crippen molar-refractivity contribution < 1.29 is 19.1 Å². The van der Waals surface area contributed by atoms with E-state index in [4.69, 9.17) is 4.74 Å². The molecule has 0 aliphatic heterocycles. The van der Waals surface area contributed by atoms with Gasteiger partial charge in [0.05, 0.1) is 6.20 Å². The van der Waals surface area contributed by atoms with Gasteiger partial charge in [0.2, 0.25) is 5.91 Å². The van der Waals surface area contributed by atoms with Gasteiger partial charge in [0, 0.05) is 18.3 Å². The van der Waals surface area contributed by atoms with Crippen molar-refractivity contribution in [3.8, 4) is 0 Å². The van der Waals surface area contributed by atoms with Crippen molar-refractivity contribution in [2.45, 2.75) is 59.2 Å². The summed E-state index contributed by atoms with van der Waals surface area (Å²) in [5.41, 5.74) is -0.286. The van der Waals surface area contributed by atoms with Gasteiger partial charge in [-0.2, -0.15) is 11.8 Å². The Bertz CT molecular complexity index is 671. The quantitative estimate of drug-likeness (QED) is 0.487. The van der Waals surface area contributed by atoms with Gasteiger partial charge in [0.15, 0.2) is 0 Å². The van der Waals surface area contributed by atoms with Gasteiger partial charge in [-0.15, -0.1) is 0 Å². The summed E-state index contributed by atoms with van der Waals surface area (Å²) in [7, 11) is 0. The van der Waals surface area contributed by atoms with Crippen LogP contribution in [0.4, 0.5) is 4.79 Å². The van der Waals surface area contributed by atoms with Crippen LogP contribution in [0.2, 0.25) is 0 Å². The third kappa shape index (κ3) is 9.12. The van der Waals surface area contributed by atoms with Crippen molar-refractivity contribution in [3.05, 3.63) is 17.7 Å². The second kappa shape index (κ2) is 10.9. The highest BCUT2D eigenvalue weighted by molar-refractivity contribution is 7.99. The lowest BCUT2D eigenvalue weighted by Gasteiger charge is -2.24. The summed E-state index contributed by atoms with van der Waals surface area (Å²) in [6, 6.07) is -1.05. The molecule has 1 aromatic rings. The number of hydrogen-bond donors (Lipinski definition) is 4. The molecule has 0 bridgehead atoms. The van der Waals surface area contributed by atoms with Crippen LogP contribution in [0.3, 0.4) is 0 Å². The molecule has 9 nitrogen and oxygen atoms in total. The summed E-state index contributed by atoms with van der Waals surface area (Å²) in [6.45, 7) is 11.0. The first-order chi connectivity index (χ1) is 13.0. The molecule has 0 spiro atoms.